The molecule has 1 aliphatic carbocycles. The quantitative estimate of drug-likeness (QED) is 0.577. The Morgan fingerprint density at radius 2 is 1.73 bits per heavy atom. The highest BCUT2D eigenvalue weighted by Crippen LogP contribution is 2.33. The lowest BCUT2D eigenvalue weighted by Crippen LogP contribution is -2.38. The van der Waals surface area contributed by atoms with Crippen LogP contribution in [0.2, 0.25) is 19.6 Å². The Morgan fingerprint density at radius 3 is 2.23 bits per heavy atom. The van der Waals surface area contributed by atoms with Crippen molar-refractivity contribution in [2.45, 2.75) is 65.3 Å². The molecule has 0 saturated carbocycles. The van der Waals surface area contributed by atoms with Gasteiger partial charge in [-0.25, -0.2) is 0 Å². The van der Waals surface area contributed by atoms with E-state index in [4.69, 9.17) is 4.43 Å². The summed E-state index contributed by atoms with van der Waals surface area (Å²) in [4.78, 5) is 26.9. The van der Waals surface area contributed by atoms with E-state index in [0.29, 0.717) is 18.4 Å². The van der Waals surface area contributed by atoms with Crippen LogP contribution in [0.25, 0.3) is 0 Å². The van der Waals surface area contributed by atoms with E-state index in [1.165, 1.54) is 0 Å². The van der Waals surface area contributed by atoms with E-state index in [9.17, 15) is 9.59 Å². The molecule has 5 heteroatoms. The Labute approximate surface area is 135 Å². The Kier molecular flexibility index (Phi) is 5.28. The smallest absolute Gasteiger partial charge is 0.257 e. The third-order valence-corrected chi connectivity index (χ3v) is 5.22. The number of amides is 1. The predicted octanol–water partition coefficient (Wildman–Crippen LogP) is 3.14. The van der Waals surface area contributed by atoms with Gasteiger partial charge >= 0.3 is 0 Å². The van der Waals surface area contributed by atoms with Crippen molar-refractivity contribution in [2.24, 2.45) is 5.92 Å². The van der Waals surface area contributed by atoms with Gasteiger partial charge in [-0.05, 0) is 50.4 Å². The molecule has 2 rings (SSSR count). The second kappa shape index (κ2) is 6.67. The van der Waals surface area contributed by atoms with Gasteiger partial charge in [0.25, 0.3) is 5.91 Å². The molecular weight excluding hydrogens is 294 g/mol. The average molecular weight is 324 g/mol. The first kappa shape index (κ1) is 17.4. The molecule has 1 fully saturated rings. The molecule has 0 aromatic rings. The monoisotopic (exact) mass is 323 g/mol. The second-order valence-electron chi connectivity index (χ2n) is 7.72. The van der Waals surface area contributed by atoms with E-state index in [0.717, 1.165) is 31.5 Å². The third kappa shape index (κ3) is 3.87. The van der Waals surface area contributed by atoms with Gasteiger partial charge in [0.15, 0.2) is 14.1 Å². The van der Waals surface area contributed by atoms with E-state index < -0.39 is 8.32 Å². The SMILES string of the molecule is CC(C)C(O[Si](C)(C)C)C1=C(C(=O)N2CCCC2)C(=O)CC1. The molecule has 1 amide bonds. The zero-order chi connectivity index (χ0) is 16.5. The molecular formula is C17H29NO3Si. The van der Waals surface area contributed by atoms with Gasteiger partial charge in [0.1, 0.15) is 0 Å². The first-order valence-electron chi connectivity index (χ1n) is 8.44. The van der Waals surface area contributed by atoms with Gasteiger partial charge in [0.2, 0.25) is 0 Å². The molecule has 2 aliphatic rings. The number of rotatable bonds is 5. The first-order chi connectivity index (χ1) is 10.2. The van der Waals surface area contributed by atoms with Crippen LogP contribution in [0.4, 0.5) is 0 Å². The molecule has 0 aromatic heterocycles. The van der Waals surface area contributed by atoms with Crippen molar-refractivity contribution in [2.75, 3.05) is 13.1 Å². The van der Waals surface area contributed by atoms with Crippen LogP contribution in [0.1, 0.15) is 39.5 Å². The van der Waals surface area contributed by atoms with Crippen LogP contribution in [-0.4, -0.2) is 44.1 Å². The first-order valence-corrected chi connectivity index (χ1v) is 11.8. The van der Waals surface area contributed by atoms with Crippen molar-refractivity contribution in [3.63, 3.8) is 0 Å². The van der Waals surface area contributed by atoms with E-state index in [1.807, 2.05) is 4.90 Å². The number of likely N-dealkylation sites (tertiary alicyclic amines) is 1. The fraction of sp³-hybridized carbons (Fsp3) is 0.765. The molecule has 1 saturated heterocycles. The van der Waals surface area contributed by atoms with E-state index >= 15 is 0 Å². The standard InChI is InChI=1S/C17H29NO3Si/c1-12(2)16(21-22(3,4)5)13-8-9-14(19)15(13)17(20)18-10-6-7-11-18/h12,16H,6-11H2,1-5H3. The number of hydrogen-bond acceptors (Lipinski definition) is 3. The predicted molar refractivity (Wildman–Crippen MR) is 90.1 cm³/mol. The lowest BCUT2D eigenvalue weighted by atomic mass is 9.95. The maximum Gasteiger partial charge on any atom is 0.257 e. The van der Waals surface area contributed by atoms with Gasteiger partial charge in [-0.3, -0.25) is 9.59 Å². The molecule has 0 radical (unpaired) electrons. The number of hydrogen-bond donors (Lipinski definition) is 0. The molecule has 22 heavy (non-hydrogen) atoms. The van der Waals surface area contributed by atoms with Gasteiger partial charge < -0.3 is 9.33 Å². The molecule has 1 atom stereocenters. The number of carbonyl (C=O) groups is 2. The van der Waals surface area contributed by atoms with Crippen LogP contribution in [0.15, 0.2) is 11.1 Å². The topological polar surface area (TPSA) is 46.6 Å². The minimum atomic E-state index is -1.74. The molecule has 0 spiro atoms. The molecule has 1 unspecified atom stereocenters. The third-order valence-electron chi connectivity index (χ3n) is 4.26. The largest absolute Gasteiger partial charge is 0.411 e. The van der Waals surface area contributed by atoms with Crippen LogP contribution in [-0.2, 0) is 14.0 Å². The summed E-state index contributed by atoms with van der Waals surface area (Å²) in [5, 5.41) is 0. The van der Waals surface area contributed by atoms with Crippen molar-refractivity contribution in [3.05, 3.63) is 11.1 Å². The van der Waals surface area contributed by atoms with Gasteiger partial charge in [-0.15, -0.1) is 0 Å². The van der Waals surface area contributed by atoms with Crippen LogP contribution in [0.3, 0.4) is 0 Å². The van der Waals surface area contributed by atoms with Gasteiger partial charge in [0, 0.05) is 19.5 Å². The lowest BCUT2D eigenvalue weighted by molar-refractivity contribution is -0.128. The maximum atomic E-state index is 12.8. The normalized spacial score (nSPS) is 21.2. The van der Waals surface area contributed by atoms with Crippen molar-refractivity contribution in [1.82, 2.24) is 4.90 Å². The highest BCUT2D eigenvalue weighted by atomic mass is 28.4. The molecule has 0 bridgehead atoms. The zero-order valence-electron chi connectivity index (χ0n) is 14.6. The van der Waals surface area contributed by atoms with E-state index in [-0.39, 0.29) is 23.7 Å². The number of nitrogens with zero attached hydrogens (tertiary/aromatic N) is 1. The van der Waals surface area contributed by atoms with E-state index in [1.54, 1.807) is 0 Å². The highest BCUT2D eigenvalue weighted by molar-refractivity contribution is 6.69. The second-order valence-corrected chi connectivity index (χ2v) is 12.2. The highest BCUT2D eigenvalue weighted by Gasteiger charge is 2.38. The fourth-order valence-electron chi connectivity index (χ4n) is 3.29. The number of ketones is 1. The summed E-state index contributed by atoms with van der Waals surface area (Å²) in [5.74, 6) is 0.227. The summed E-state index contributed by atoms with van der Waals surface area (Å²) < 4.78 is 6.33. The van der Waals surface area contributed by atoms with Gasteiger partial charge in [-0.1, -0.05) is 13.8 Å². The molecule has 4 nitrogen and oxygen atoms in total. The van der Waals surface area contributed by atoms with Gasteiger partial charge in [0.05, 0.1) is 11.7 Å². The van der Waals surface area contributed by atoms with Gasteiger partial charge in [-0.2, -0.15) is 0 Å². The molecule has 1 heterocycles. The number of carbonyl (C=O) groups excluding carboxylic acids is 2. The Morgan fingerprint density at radius 1 is 1.14 bits per heavy atom. The summed E-state index contributed by atoms with van der Waals surface area (Å²) >= 11 is 0. The summed E-state index contributed by atoms with van der Waals surface area (Å²) in [7, 11) is -1.74. The molecule has 0 N–H and O–H groups in total. The Balaban J connectivity index is 2.33. The van der Waals surface area contributed by atoms with Crippen molar-refractivity contribution in [1.29, 1.82) is 0 Å². The van der Waals surface area contributed by atoms with Crippen LogP contribution >= 0.6 is 0 Å². The average Bonchev–Trinajstić information content (AvgIpc) is 3.03. The van der Waals surface area contributed by atoms with Crippen LogP contribution < -0.4 is 0 Å². The molecule has 124 valence electrons. The Hall–Kier alpha value is -0.943. The summed E-state index contributed by atoms with van der Waals surface area (Å²) in [6.07, 6.45) is 3.13. The van der Waals surface area contributed by atoms with E-state index in [2.05, 4.69) is 33.5 Å². The molecule has 1 aliphatic heterocycles. The zero-order valence-corrected chi connectivity index (χ0v) is 15.6. The fourth-order valence-corrected chi connectivity index (χ4v) is 4.46. The minimum Gasteiger partial charge on any atom is -0.411 e. The Bertz CT molecular complexity index is 485. The summed E-state index contributed by atoms with van der Waals surface area (Å²) in [5.41, 5.74) is 1.40. The van der Waals surface area contributed by atoms with Crippen molar-refractivity contribution in [3.8, 4) is 0 Å². The summed E-state index contributed by atoms with van der Waals surface area (Å²) in [6, 6.07) is 0. The van der Waals surface area contributed by atoms with Crippen molar-refractivity contribution >= 4 is 20.0 Å². The lowest BCUT2D eigenvalue weighted by Gasteiger charge is -2.31. The van der Waals surface area contributed by atoms with Crippen LogP contribution in [0.5, 0.6) is 0 Å². The number of Topliss-reactive ketones (excluding diaryl/α,β-unsaturated/α-hetero) is 1. The molecule has 0 aromatic carbocycles. The minimum absolute atomic E-state index is 0.0109. The van der Waals surface area contributed by atoms with Crippen molar-refractivity contribution < 1.29 is 14.0 Å². The summed E-state index contributed by atoms with van der Waals surface area (Å²) in [6.45, 7) is 12.2. The van der Waals surface area contributed by atoms with Crippen LogP contribution in [0, 0.1) is 5.92 Å². The maximum absolute atomic E-state index is 12.8.